The molecule has 1 aromatic carbocycles. The zero-order valence-corrected chi connectivity index (χ0v) is 15.2. The average Bonchev–Trinajstić information content (AvgIpc) is 3.07. The monoisotopic (exact) mass is 353 g/mol. The highest BCUT2D eigenvalue weighted by molar-refractivity contribution is 5.98. The lowest BCUT2D eigenvalue weighted by Crippen LogP contribution is -2.48. The maximum absolute atomic E-state index is 12.6. The van der Waals surface area contributed by atoms with Gasteiger partial charge < -0.3 is 14.8 Å². The number of benzene rings is 1. The average molecular weight is 353 g/mol. The smallest absolute Gasteiger partial charge is 0.158 e. The number of ketones is 2. The lowest BCUT2D eigenvalue weighted by molar-refractivity contribution is -0.131. The van der Waals surface area contributed by atoms with Gasteiger partial charge in [0.2, 0.25) is 0 Å². The molecule has 0 radical (unpaired) electrons. The van der Waals surface area contributed by atoms with E-state index < -0.39 is 17.4 Å². The number of rotatable bonds is 5. The Hall–Kier alpha value is -2.66. The summed E-state index contributed by atoms with van der Waals surface area (Å²) < 4.78 is 5.55. The van der Waals surface area contributed by atoms with Crippen LogP contribution in [0.5, 0.6) is 0 Å². The number of para-hydroxylation sites is 1. The van der Waals surface area contributed by atoms with E-state index in [2.05, 4.69) is 5.32 Å². The molecule has 3 atom stereocenters. The molecule has 1 aliphatic carbocycles. The number of anilines is 1. The molecule has 2 N–H and O–H groups in total. The van der Waals surface area contributed by atoms with Crippen molar-refractivity contribution in [2.75, 3.05) is 5.32 Å². The first-order chi connectivity index (χ1) is 12.3. The number of furan rings is 1. The molecule has 26 heavy (non-hydrogen) atoms. The van der Waals surface area contributed by atoms with E-state index in [0.29, 0.717) is 17.0 Å². The number of nitrogens with one attached hydrogen (secondary N) is 1. The van der Waals surface area contributed by atoms with Gasteiger partial charge in [0.25, 0.3) is 0 Å². The van der Waals surface area contributed by atoms with Crippen LogP contribution in [0.15, 0.2) is 64.4 Å². The van der Waals surface area contributed by atoms with Gasteiger partial charge in [-0.05, 0) is 45.0 Å². The summed E-state index contributed by atoms with van der Waals surface area (Å²) >= 11 is 0. The molecule has 1 aromatic heterocycles. The number of aliphatic hydroxyl groups is 1. The molecule has 1 heterocycles. The lowest BCUT2D eigenvalue weighted by atomic mass is 9.65. The second-order valence-corrected chi connectivity index (χ2v) is 7.05. The van der Waals surface area contributed by atoms with Crippen LogP contribution in [0, 0.1) is 5.92 Å². The van der Waals surface area contributed by atoms with Crippen molar-refractivity contribution in [2.45, 2.75) is 38.7 Å². The first-order valence-corrected chi connectivity index (χ1v) is 8.63. The molecule has 3 rings (SSSR count). The van der Waals surface area contributed by atoms with E-state index in [4.69, 9.17) is 4.42 Å². The van der Waals surface area contributed by atoms with E-state index in [0.717, 1.165) is 5.69 Å². The SMILES string of the molecule is CC(=O)C1=C(Nc2ccccc2)C[C@](C)(O)[C@@H](C(C)=O)[C@@H]1c1ccco1. The second-order valence-electron chi connectivity index (χ2n) is 7.05. The van der Waals surface area contributed by atoms with Gasteiger partial charge in [0, 0.05) is 23.4 Å². The summed E-state index contributed by atoms with van der Waals surface area (Å²) in [5, 5.41) is 14.3. The van der Waals surface area contributed by atoms with Crippen molar-refractivity contribution < 1.29 is 19.1 Å². The molecule has 0 saturated carbocycles. The van der Waals surface area contributed by atoms with Crippen molar-refractivity contribution in [1.29, 1.82) is 0 Å². The van der Waals surface area contributed by atoms with Crippen LogP contribution in [0.2, 0.25) is 0 Å². The molecular formula is C21H23NO4. The summed E-state index contributed by atoms with van der Waals surface area (Å²) in [5.74, 6) is -1.20. The van der Waals surface area contributed by atoms with Gasteiger partial charge in [-0.25, -0.2) is 0 Å². The lowest BCUT2D eigenvalue weighted by Gasteiger charge is -2.42. The number of carbonyl (C=O) groups is 2. The molecule has 0 aliphatic heterocycles. The van der Waals surface area contributed by atoms with Crippen molar-refractivity contribution in [3.8, 4) is 0 Å². The maximum atomic E-state index is 12.6. The van der Waals surface area contributed by atoms with Crippen LogP contribution in [0.25, 0.3) is 0 Å². The third-order valence-electron chi connectivity index (χ3n) is 4.91. The third-order valence-corrected chi connectivity index (χ3v) is 4.91. The molecule has 0 amide bonds. The topological polar surface area (TPSA) is 79.5 Å². The van der Waals surface area contributed by atoms with E-state index in [9.17, 15) is 14.7 Å². The van der Waals surface area contributed by atoms with Crippen LogP contribution in [-0.4, -0.2) is 22.3 Å². The Balaban J connectivity index is 2.18. The molecule has 5 heteroatoms. The number of Topliss-reactive ketones (excluding diaryl/α,β-unsaturated/α-hetero) is 2. The van der Waals surface area contributed by atoms with Crippen LogP contribution < -0.4 is 5.32 Å². The van der Waals surface area contributed by atoms with E-state index >= 15 is 0 Å². The molecule has 0 fully saturated rings. The minimum absolute atomic E-state index is 0.147. The van der Waals surface area contributed by atoms with Gasteiger partial charge in [0.05, 0.1) is 23.7 Å². The van der Waals surface area contributed by atoms with E-state index in [-0.39, 0.29) is 18.0 Å². The minimum Gasteiger partial charge on any atom is -0.469 e. The zero-order valence-electron chi connectivity index (χ0n) is 15.2. The summed E-state index contributed by atoms with van der Waals surface area (Å²) in [6, 6.07) is 12.9. The normalized spacial score (nSPS) is 25.8. The highest BCUT2D eigenvalue weighted by atomic mass is 16.3. The molecule has 0 spiro atoms. The Kier molecular flexibility index (Phi) is 4.83. The van der Waals surface area contributed by atoms with Crippen LogP contribution in [-0.2, 0) is 9.59 Å². The first kappa shape index (κ1) is 18.1. The van der Waals surface area contributed by atoms with Gasteiger partial charge in [-0.1, -0.05) is 18.2 Å². The molecule has 0 saturated heterocycles. The van der Waals surface area contributed by atoms with Crippen molar-refractivity contribution in [3.05, 3.63) is 65.8 Å². The van der Waals surface area contributed by atoms with Crippen molar-refractivity contribution in [1.82, 2.24) is 0 Å². The largest absolute Gasteiger partial charge is 0.469 e. The summed E-state index contributed by atoms with van der Waals surface area (Å²) in [5.41, 5.74) is 0.610. The van der Waals surface area contributed by atoms with Crippen LogP contribution >= 0.6 is 0 Å². The predicted octanol–water partition coefficient (Wildman–Crippen LogP) is 3.68. The molecule has 2 aromatic rings. The van der Waals surface area contributed by atoms with Gasteiger partial charge in [-0.3, -0.25) is 9.59 Å². The zero-order chi connectivity index (χ0) is 18.9. The molecule has 5 nitrogen and oxygen atoms in total. The Labute approximate surface area is 152 Å². The third kappa shape index (κ3) is 3.35. The van der Waals surface area contributed by atoms with Gasteiger partial charge in [-0.15, -0.1) is 0 Å². The van der Waals surface area contributed by atoms with Gasteiger partial charge in [0.15, 0.2) is 5.78 Å². The number of hydrogen-bond donors (Lipinski definition) is 2. The van der Waals surface area contributed by atoms with Crippen LogP contribution in [0.1, 0.15) is 38.9 Å². The Morgan fingerprint density at radius 1 is 1.15 bits per heavy atom. The van der Waals surface area contributed by atoms with Crippen molar-refractivity contribution in [2.24, 2.45) is 5.92 Å². The maximum Gasteiger partial charge on any atom is 0.158 e. The molecule has 1 aliphatic rings. The number of hydrogen-bond acceptors (Lipinski definition) is 5. The molecule has 0 bridgehead atoms. The Morgan fingerprint density at radius 3 is 2.38 bits per heavy atom. The summed E-state index contributed by atoms with van der Waals surface area (Å²) in [4.78, 5) is 24.9. The van der Waals surface area contributed by atoms with E-state index in [1.165, 1.54) is 20.1 Å². The molecule has 0 unspecified atom stereocenters. The van der Waals surface area contributed by atoms with E-state index in [1.54, 1.807) is 19.1 Å². The fourth-order valence-electron chi connectivity index (χ4n) is 3.96. The quantitative estimate of drug-likeness (QED) is 0.857. The Bertz CT molecular complexity index is 834. The van der Waals surface area contributed by atoms with Gasteiger partial charge in [-0.2, -0.15) is 0 Å². The highest BCUT2D eigenvalue weighted by Gasteiger charge is 2.50. The van der Waals surface area contributed by atoms with E-state index in [1.807, 2.05) is 30.3 Å². The first-order valence-electron chi connectivity index (χ1n) is 8.63. The predicted molar refractivity (Wildman–Crippen MR) is 98.6 cm³/mol. The fourth-order valence-corrected chi connectivity index (χ4v) is 3.96. The number of carbonyl (C=O) groups excluding carboxylic acids is 2. The van der Waals surface area contributed by atoms with Crippen LogP contribution in [0.3, 0.4) is 0 Å². The molecular weight excluding hydrogens is 330 g/mol. The minimum atomic E-state index is -1.31. The van der Waals surface area contributed by atoms with Crippen LogP contribution in [0.4, 0.5) is 5.69 Å². The Morgan fingerprint density at radius 2 is 1.85 bits per heavy atom. The summed E-state index contributed by atoms with van der Waals surface area (Å²) in [7, 11) is 0. The fraction of sp³-hybridized carbons (Fsp3) is 0.333. The van der Waals surface area contributed by atoms with Crippen molar-refractivity contribution >= 4 is 17.3 Å². The second kappa shape index (κ2) is 6.92. The van der Waals surface area contributed by atoms with Gasteiger partial charge in [0.1, 0.15) is 11.5 Å². The summed E-state index contributed by atoms with van der Waals surface area (Å²) in [6.45, 7) is 4.57. The highest BCUT2D eigenvalue weighted by Crippen LogP contribution is 2.47. The molecule has 136 valence electrons. The van der Waals surface area contributed by atoms with Crippen molar-refractivity contribution in [3.63, 3.8) is 0 Å². The number of allylic oxidation sites excluding steroid dienone is 1. The summed E-state index contributed by atoms with van der Waals surface area (Å²) in [6.07, 6.45) is 1.69. The van der Waals surface area contributed by atoms with Gasteiger partial charge >= 0.3 is 0 Å². The standard InChI is InChI=1S/C21H23NO4/c1-13(23)18-16(22-15-8-5-4-6-9-15)12-21(3,25)20(14(2)24)19(18)17-10-7-11-26-17/h4-11,19-20,22,25H,12H2,1-3H3/t19-,20+,21+/m1/s1.